The first-order chi connectivity index (χ1) is 7.98. The monoisotopic (exact) mass is 273 g/mol. The van der Waals surface area contributed by atoms with Crippen LogP contribution in [0.2, 0.25) is 5.02 Å². The highest BCUT2D eigenvalue weighted by Crippen LogP contribution is 2.24. The fourth-order valence-corrected chi connectivity index (χ4v) is 2.47. The van der Waals surface area contributed by atoms with Crippen molar-refractivity contribution in [3.8, 4) is 0 Å². The number of hydrogen-bond donors (Lipinski definition) is 2. The SMILES string of the molecule is CCNC(C)(CSc1ccc(Cl)cc1)C(=O)O. The first-order valence-corrected chi connectivity index (χ1v) is 6.71. The lowest BCUT2D eigenvalue weighted by atomic mass is 10.1. The molecule has 0 aliphatic heterocycles. The van der Waals surface area contributed by atoms with Crippen LogP contribution < -0.4 is 5.32 Å². The Labute approximate surface area is 111 Å². The lowest BCUT2D eigenvalue weighted by molar-refractivity contribution is -0.143. The summed E-state index contributed by atoms with van der Waals surface area (Å²) in [6, 6.07) is 7.38. The van der Waals surface area contributed by atoms with Crippen molar-refractivity contribution >= 4 is 29.3 Å². The van der Waals surface area contributed by atoms with E-state index in [4.69, 9.17) is 11.6 Å². The van der Waals surface area contributed by atoms with Gasteiger partial charge >= 0.3 is 5.97 Å². The van der Waals surface area contributed by atoms with Gasteiger partial charge < -0.3 is 10.4 Å². The molecule has 1 rings (SSSR count). The minimum Gasteiger partial charge on any atom is -0.480 e. The zero-order valence-corrected chi connectivity index (χ0v) is 11.4. The molecule has 0 amide bonds. The zero-order valence-electron chi connectivity index (χ0n) is 9.87. The second-order valence-corrected chi connectivity index (χ2v) is 5.40. The molecule has 0 saturated carbocycles. The fourth-order valence-electron chi connectivity index (χ4n) is 1.34. The van der Waals surface area contributed by atoms with Crippen LogP contribution in [0.3, 0.4) is 0 Å². The van der Waals surface area contributed by atoms with E-state index < -0.39 is 11.5 Å². The molecule has 0 spiro atoms. The van der Waals surface area contributed by atoms with Gasteiger partial charge in [0.05, 0.1) is 0 Å². The molecule has 0 radical (unpaired) electrons. The Balaban J connectivity index is 2.64. The summed E-state index contributed by atoms with van der Waals surface area (Å²) in [6.07, 6.45) is 0. The first kappa shape index (κ1) is 14.4. The van der Waals surface area contributed by atoms with E-state index >= 15 is 0 Å². The summed E-state index contributed by atoms with van der Waals surface area (Å²) >= 11 is 7.29. The predicted octanol–water partition coefficient (Wildman–Crippen LogP) is 2.88. The van der Waals surface area contributed by atoms with Crippen LogP contribution in [-0.4, -0.2) is 28.9 Å². The Morgan fingerprint density at radius 3 is 2.53 bits per heavy atom. The van der Waals surface area contributed by atoms with E-state index in [0.717, 1.165) is 4.90 Å². The third-order valence-electron chi connectivity index (χ3n) is 2.38. The molecule has 1 aromatic rings. The number of likely N-dealkylation sites (N-methyl/N-ethyl adjacent to an activating group) is 1. The summed E-state index contributed by atoms with van der Waals surface area (Å²) in [5.74, 6) is -0.363. The number of carboxylic acids is 1. The zero-order chi connectivity index (χ0) is 12.9. The molecule has 2 N–H and O–H groups in total. The molecule has 94 valence electrons. The Kier molecular flexibility index (Phi) is 5.31. The standard InChI is InChI=1S/C12H16ClNO2S/c1-3-14-12(2,11(15)16)8-17-10-6-4-9(13)5-7-10/h4-7,14H,3,8H2,1-2H3,(H,15,16). The van der Waals surface area contributed by atoms with Crippen LogP contribution in [0.15, 0.2) is 29.2 Å². The summed E-state index contributed by atoms with van der Waals surface area (Å²) in [5, 5.41) is 12.9. The van der Waals surface area contributed by atoms with E-state index in [0.29, 0.717) is 17.3 Å². The summed E-state index contributed by atoms with van der Waals surface area (Å²) in [6.45, 7) is 4.22. The van der Waals surface area contributed by atoms with E-state index in [1.54, 1.807) is 19.1 Å². The molecule has 17 heavy (non-hydrogen) atoms. The van der Waals surface area contributed by atoms with E-state index in [9.17, 15) is 9.90 Å². The van der Waals surface area contributed by atoms with Crippen LogP contribution in [-0.2, 0) is 4.79 Å². The number of hydrogen-bond acceptors (Lipinski definition) is 3. The maximum Gasteiger partial charge on any atom is 0.324 e. The minimum absolute atomic E-state index is 0.470. The number of carbonyl (C=O) groups is 1. The molecule has 0 saturated heterocycles. The summed E-state index contributed by atoms with van der Waals surface area (Å²) < 4.78 is 0. The molecule has 0 aliphatic rings. The Hall–Kier alpha value is -0.710. The predicted molar refractivity (Wildman–Crippen MR) is 71.9 cm³/mol. The van der Waals surface area contributed by atoms with Crippen molar-refractivity contribution < 1.29 is 9.90 Å². The lowest BCUT2D eigenvalue weighted by Crippen LogP contribution is -2.51. The molecular formula is C12H16ClNO2S. The van der Waals surface area contributed by atoms with Crippen LogP contribution in [0, 0.1) is 0 Å². The van der Waals surface area contributed by atoms with Gasteiger partial charge in [0.1, 0.15) is 5.54 Å². The maximum absolute atomic E-state index is 11.2. The molecule has 0 bridgehead atoms. The molecular weight excluding hydrogens is 258 g/mol. The first-order valence-electron chi connectivity index (χ1n) is 5.35. The summed E-state index contributed by atoms with van der Waals surface area (Å²) in [7, 11) is 0. The van der Waals surface area contributed by atoms with Crippen molar-refractivity contribution in [3.05, 3.63) is 29.3 Å². The molecule has 1 atom stereocenters. The molecule has 1 unspecified atom stereocenters. The van der Waals surface area contributed by atoms with Crippen LogP contribution >= 0.6 is 23.4 Å². The van der Waals surface area contributed by atoms with Crippen molar-refractivity contribution in [1.82, 2.24) is 5.32 Å². The average Bonchev–Trinajstić information content (AvgIpc) is 2.28. The number of benzene rings is 1. The second-order valence-electron chi connectivity index (χ2n) is 3.91. The smallest absolute Gasteiger partial charge is 0.324 e. The van der Waals surface area contributed by atoms with Gasteiger partial charge in [-0.15, -0.1) is 11.8 Å². The topological polar surface area (TPSA) is 49.3 Å². The molecule has 0 aliphatic carbocycles. The van der Waals surface area contributed by atoms with Gasteiger partial charge in [-0.1, -0.05) is 18.5 Å². The molecule has 0 fully saturated rings. The largest absolute Gasteiger partial charge is 0.480 e. The minimum atomic E-state index is -0.904. The van der Waals surface area contributed by atoms with Crippen LogP contribution in [0.4, 0.5) is 0 Å². The third-order valence-corrected chi connectivity index (χ3v) is 3.96. The van der Waals surface area contributed by atoms with Crippen molar-refractivity contribution in [3.63, 3.8) is 0 Å². The van der Waals surface area contributed by atoms with Gasteiger partial charge in [-0.25, -0.2) is 0 Å². The number of carboxylic acid groups (broad SMARTS) is 1. The number of halogens is 1. The highest BCUT2D eigenvalue weighted by Gasteiger charge is 2.31. The van der Waals surface area contributed by atoms with Crippen LogP contribution in [0.1, 0.15) is 13.8 Å². The van der Waals surface area contributed by atoms with Gasteiger partial charge in [0, 0.05) is 15.7 Å². The highest BCUT2D eigenvalue weighted by atomic mass is 35.5. The Morgan fingerprint density at radius 1 is 1.47 bits per heavy atom. The van der Waals surface area contributed by atoms with Crippen molar-refractivity contribution in [2.24, 2.45) is 0 Å². The van der Waals surface area contributed by atoms with E-state index in [1.807, 2.05) is 19.1 Å². The number of aliphatic carboxylic acids is 1. The van der Waals surface area contributed by atoms with Gasteiger partial charge in [0.15, 0.2) is 0 Å². The Bertz CT molecular complexity index is 383. The van der Waals surface area contributed by atoms with Gasteiger partial charge in [0.25, 0.3) is 0 Å². The van der Waals surface area contributed by atoms with E-state index in [1.165, 1.54) is 11.8 Å². The Morgan fingerprint density at radius 2 is 2.06 bits per heavy atom. The molecule has 1 aromatic carbocycles. The number of thioether (sulfide) groups is 1. The molecule has 0 aromatic heterocycles. The quantitative estimate of drug-likeness (QED) is 0.783. The van der Waals surface area contributed by atoms with Gasteiger partial charge in [0.2, 0.25) is 0 Å². The number of rotatable bonds is 6. The normalized spacial score (nSPS) is 14.3. The molecule has 3 nitrogen and oxygen atoms in total. The van der Waals surface area contributed by atoms with Gasteiger partial charge in [-0.3, -0.25) is 4.79 Å². The van der Waals surface area contributed by atoms with Crippen molar-refractivity contribution in [2.75, 3.05) is 12.3 Å². The van der Waals surface area contributed by atoms with E-state index in [-0.39, 0.29) is 0 Å². The third kappa shape index (κ3) is 4.22. The fraction of sp³-hybridized carbons (Fsp3) is 0.417. The van der Waals surface area contributed by atoms with Crippen LogP contribution in [0.5, 0.6) is 0 Å². The highest BCUT2D eigenvalue weighted by molar-refractivity contribution is 7.99. The van der Waals surface area contributed by atoms with Gasteiger partial charge in [-0.05, 0) is 37.7 Å². The van der Waals surface area contributed by atoms with E-state index in [2.05, 4.69) is 5.32 Å². The molecule has 5 heteroatoms. The maximum atomic E-state index is 11.2. The van der Waals surface area contributed by atoms with Crippen molar-refractivity contribution in [2.45, 2.75) is 24.3 Å². The van der Waals surface area contributed by atoms with Gasteiger partial charge in [-0.2, -0.15) is 0 Å². The lowest BCUT2D eigenvalue weighted by Gasteiger charge is -2.25. The van der Waals surface area contributed by atoms with Crippen LogP contribution in [0.25, 0.3) is 0 Å². The molecule has 0 heterocycles. The number of nitrogens with one attached hydrogen (secondary N) is 1. The summed E-state index contributed by atoms with van der Waals surface area (Å²) in [5.41, 5.74) is -0.904. The summed E-state index contributed by atoms with van der Waals surface area (Å²) in [4.78, 5) is 12.2. The second kappa shape index (κ2) is 6.28. The van der Waals surface area contributed by atoms with Crippen molar-refractivity contribution in [1.29, 1.82) is 0 Å². The average molecular weight is 274 g/mol.